The number of ether oxygens (including phenoxy) is 1. The lowest BCUT2D eigenvalue weighted by Gasteiger charge is -2.07. The molecule has 0 amide bonds. The van der Waals surface area contributed by atoms with Crippen LogP contribution >= 0.6 is 11.3 Å². The van der Waals surface area contributed by atoms with Crippen LogP contribution in [0.5, 0.6) is 0 Å². The first-order chi connectivity index (χ1) is 6.72. The summed E-state index contributed by atoms with van der Waals surface area (Å²) in [6.45, 7) is 1.97. The van der Waals surface area contributed by atoms with E-state index in [9.17, 15) is 4.79 Å². The number of carbonyl (C=O) groups excluding carboxylic acids is 1. The van der Waals surface area contributed by atoms with Crippen LogP contribution in [0, 0.1) is 0 Å². The highest BCUT2D eigenvalue weighted by atomic mass is 32.1. The molecule has 0 spiro atoms. The number of ketones is 1. The Labute approximate surface area is 88.1 Å². The molecule has 0 aliphatic carbocycles. The van der Waals surface area contributed by atoms with Gasteiger partial charge in [-0.15, -0.1) is 11.3 Å². The van der Waals surface area contributed by atoms with Crippen LogP contribution in [0.25, 0.3) is 0 Å². The van der Waals surface area contributed by atoms with Crippen molar-refractivity contribution in [3.8, 4) is 0 Å². The molecule has 1 unspecified atom stereocenters. The Hall–Kier alpha value is -0.740. The number of hydrogen-bond acceptors (Lipinski definition) is 4. The van der Waals surface area contributed by atoms with Gasteiger partial charge in [-0.2, -0.15) is 0 Å². The molecule has 0 radical (unpaired) electrons. The molecule has 3 nitrogen and oxygen atoms in total. The zero-order valence-corrected chi connectivity index (χ0v) is 9.34. The second-order valence-electron chi connectivity index (χ2n) is 3.23. The molecule has 0 bridgehead atoms. The van der Waals surface area contributed by atoms with E-state index in [4.69, 9.17) is 4.74 Å². The normalized spacial score (nSPS) is 12.7. The van der Waals surface area contributed by atoms with Crippen molar-refractivity contribution in [3.63, 3.8) is 0 Å². The lowest BCUT2D eigenvalue weighted by Crippen LogP contribution is -2.09. The first-order valence-electron chi connectivity index (χ1n) is 4.65. The van der Waals surface area contributed by atoms with E-state index in [0.717, 1.165) is 11.4 Å². The van der Waals surface area contributed by atoms with Crippen molar-refractivity contribution in [1.29, 1.82) is 0 Å². The van der Waals surface area contributed by atoms with Gasteiger partial charge in [0.1, 0.15) is 5.78 Å². The van der Waals surface area contributed by atoms with E-state index in [0.29, 0.717) is 12.8 Å². The van der Waals surface area contributed by atoms with Gasteiger partial charge in [0, 0.05) is 25.1 Å². The molecule has 0 aromatic carbocycles. The summed E-state index contributed by atoms with van der Waals surface area (Å²) in [7, 11) is 1.66. The number of carbonyl (C=O) groups is 1. The third kappa shape index (κ3) is 3.98. The van der Waals surface area contributed by atoms with Crippen LogP contribution in [-0.4, -0.2) is 24.0 Å². The highest BCUT2D eigenvalue weighted by molar-refractivity contribution is 7.09. The number of methoxy groups -OCH3 is 1. The molecule has 4 heteroatoms. The zero-order valence-electron chi connectivity index (χ0n) is 8.53. The van der Waals surface area contributed by atoms with Gasteiger partial charge in [0.25, 0.3) is 0 Å². The summed E-state index contributed by atoms with van der Waals surface area (Å²) >= 11 is 1.53. The molecule has 0 aliphatic rings. The molecule has 1 aromatic rings. The van der Waals surface area contributed by atoms with E-state index in [-0.39, 0.29) is 11.9 Å². The first kappa shape index (κ1) is 11.3. The fraction of sp³-hybridized carbons (Fsp3) is 0.600. The molecule has 0 saturated carbocycles. The number of aromatic nitrogens is 1. The third-order valence-corrected chi connectivity index (χ3v) is 2.84. The predicted molar refractivity (Wildman–Crippen MR) is 56.5 cm³/mol. The number of Topliss-reactive ketones (excluding diaryl/α,β-unsaturated/α-hetero) is 1. The monoisotopic (exact) mass is 213 g/mol. The highest BCUT2D eigenvalue weighted by Crippen LogP contribution is 2.08. The number of nitrogens with zero attached hydrogens (tertiary/aromatic N) is 1. The SMILES string of the molecule is COC(C)CCC(=O)Cc1nccs1. The predicted octanol–water partition coefficient (Wildman–Crippen LogP) is 2.07. The van der Waals surface area contributed by atoms with Gasteiger partial charge >= 0.3 is 0 Å². The number of rotatable bonds is 6. The fourth-order valence-electron chi connectivity index (χ4n) is 1.08. The van der Waals surface area contributed by atoms with Crippen molar-refractivity contribution in [2.45, 2.75) is 32.3 Å². The van der Waals surface area contributed by atoms with Crippen molar-refractivity contribution in [2.24, 2.45) is 0 Å². The van der Waals surface area contributed by atoms with Crippen LogP contribution in [0.3, 0.4) is 0 Å². The molecule has 78 valence electrons. The molecule has 1 rings (SSSR count). The Bertz CT molecular complexity index is 272. The van der Waals surface area contributed by atoms with Crippen LogP contribution in [0.2, 0.25) is 0 Å². The summed E-state index contributed by atoms with van der Waals surface area (Å²) in [5, 5.41) is 2.79. The average molecular weight is 213 g/mol. The minimum absolute atomic E-state index is 0.162. The molecular weight excluding hydrogens is 198 g/mol. The van der Waals surface area contributed by atoms with Crippen molar-refractivity contribution in [3.05, 3.63) is 16.6 Å². The van der Waals surface area contributed by atoms with E-state index >= 15 is 0 Å². The fourth-order valence-corrected chi connectivity index (χ4v) is 1.72. The molecule has 0 aliphatic heterocycles. The lowest BCUT2D eigenvalue weighted by atomic mass is 10.1. The van der Waals surface area contributed by atoms with Gasteiger partial charge in [0.15, 0.2) is 0 Å². The summed E-state index contributed by atoms with van der Waals surface area (Å²) in [6.07, 6.45) is 3.73. The summed E-state index contributed by atoms with van der Waals surface area (Å²) in [5.74, 6) is 0.240. The first-order valence-corrected chi connectivity index (χ1v) is 5.53. The maximum Gasteiger partial charge on any atom is 0.139 e. The van der Waals surface area contributed by atoms with E-state index < -0.39 is 0 Å². The van der Waals surface area contributed by atoms with Gasteiger partial charge in [-0.25, -0.2) is 4.98 Å². The summed E-state index contributed by atoms with van der Waals surface area (Å²) in [5.41, 5.74) is 0. The van der Waals surface area contributed by atoms with Gasteiger partial charge < -0.3 is 4.74 Å². The van der Waals surface area contributed by atoms with Gasteiger partial charge in [-0.1, -0.05) is 0 Å². The average Bonchev–Trinajstić information content (AvgIpc) is 2.66. The molecule has 0 saturated heterocycles. The maximum absolute atomic E-state index is 11.4. The Morgan fingerprint density at radius 3 is 3.07 bits per heavy atom. The number of hydrogen-bond donors (Lipinski definition) is 0. The quantitative estimate of drug-likeness (QED) is 0.726. The summed E-state index contributed by atoms with van der Waals surface area (Å²) < 4.78 is 5.07. The minimum Gasteiger partial charge on any atom is -0.382 e. The van der Waals surface area contributed by atoms with Gasteiger partial charge in [-0.05, 0) is 13.3 Å². The highest BCUT2D eigenvalue weighted by Gasteiger charge is 2.08. The van der Waals surface area contributed by atoms with E-state index in [1.807, 2.05) is 12.3 Å². The second-order valence-corrected chi connectivity index (χ2v) is 4.21. The Morgan fingerprint density at radius 1 is 1.71 bits per heavy atom. The third-order valence-electron chi connectivity index (χ3n) is 2.06. The van der Waals surface area contributed by atoms with Crippen molar-refractivity contribution in [1.82, 2.24) is 4.98 Å². The molecular formula is C10H15NO2S. The standard InChI is InChI=1S/C10H15NO2S/c1-8(13-2)3-4-9(12)7-10-11-5-6-14-10/h5-6,8H,3-4,7H2,1-2H3. The molecule has 1 atom stereocenters. The Kier molecular flexibility index (Phi) is 4.76. The van der Waals surface area contributed by atoms with Crippen LogP contribution in [0.4, 0.5) is 0 Å². The zero-order chi connectivity index (χ0) is 10.4. The van der Waals surface area contributed by atoms with Crippen LogP contribution in [0.15, 0.2) is 11.6 Å². The molecule has 14 heavy (non-hydrogen) atoms. The summed E-state index contributed by atoms with van der Waals surface area (Å²) in [6, 6.07) is 0. The minimum atomic E-state index is 0.162. The van der Waals surface area contributed by atoms with Crippen LogP contribution in [0.1, 0.15) is 24.8 Å². The maximum atomic E-state index is 11.4. The topological polar surface area (TPSA) is 39.2 Å². The Balaban J connectivity index is 2.23. The smallest absolute Gasteiger partial charge is 0.139 e. The van der Waals surface area contributed by atoms with Gasteiger partial charge in [0.2, 0.25) is 0 Å². The lowest BCUT2D eigenvalue weighted by molar-refractivity contribution is -0.119. The van der Waals surface area contributed by atoms with E-state index in [2.05, 4.69) is 4.98 Å². The van der Waals surface area contributed by atoms with Crippen molar-refractivity contribution in [2.75, 3.05) is 7.11 Å². The van der Waals surface area contributed by atoms with Gasteiger partial charge in [-0.3, -0.25) is 4.79 Å². The van der Waals surface area contributed by atoms with Crippen LogP contribution in [-0.2, 0) is 16.0 Å². The molecule has 1 aromatic heterocycles. The van der Waals surface area contributed by atoms with E-state index in [1.54, 1.807) is 13.3 Å². The summed E-state index contributed by atoms with van der Waals surface area (Å²) in [4.78, 5) is 15.5. The molecule has 1 heterocycles. The van der Waals surface area contributed by atoms with Crippen molar-refractivity contribution >= 4 is 17.1 Å². The van der Waals surface area contributed by atoms with Crippen LogP contribution < -0.4 is 0 Å². The molecule has 0 fully saturated rings. The Morgan fingerprint density at radius 2 is 2.50 bits per heavy atom. The van der Waals surface area contributed by atoms with Gasteiger partial charge in [0.05, 0.1) is 17.5 Å². The van der Waals surface area contributed by atoms with E-state index in [1.165, 1.54) is 11.3 Å². The molecule has 0 N–H and O–H groups in total. The number of thiazole rings is 1. The van der Waals surface area contributed by atoms with Crippen molar-refractivity contribution < 1.29 is 9.53 Å². The second kappa shape index (κ2) is 5.88. The largest absolute Gasteiger partial charge is 0.382 e.